The number of rotatable bonds is 6. The van der Waals surface area contributed by atoms with Crippen LogP contribution in [-0.4, -0.2) is 48.2 Å². The third kappa shape index (κ3) is 4.01. The number of ketones is 1. The summed E-state index contributed by atoms with van der Waals surface area (Å²) in [4.78, 5) is 18.4. The van der Waals surface area contributed by atoms with Gasteiger partial charge in [0.1, 0.15) is 5.60 Å². The number of aryl methyl sites for hydroxylation is 1. The van der Waals surface area contributed by atoms with E-state index in [-0.39, 0.29) is 34.7 Å². The zero-order chi connectivity index (χ0) is 28.6. The number of benzene rings is 1. The molecule has 7 atom stereocenters. The number of Topliss-reactive ketones (excluding diaryl/α,β-unsaturated/α-hetero) is 1. The molecule has 1 aromatic carbocycles. The van der Waals surface area contributed by atoms with Crippen molar-refractivity contribution in [2.75, 3.05) is 5.75 Å². The first kappa shape index (κ1) is 27.3. The van der Waals surface area contributed by atoms with Crippen LogP contribution in [0.3, 0.4) is 0 Å². The maximum absolute atomic E-state index is 13.8. The molecule has 214 valence electrons. The normalized spacial score (nSPS) is 35.6. The highest BCUT2D eigenvalue weighted by Crippen LogP contribution is 2.67. The fourth-order valence-electron chi connectivity index (χ4n) is 9.20. The molecule has 3 aromatic rings. The number of thioether (sulfide) groups is 1. The van der Waals surface area contributed by atoms with Crippen LogP contribution in [0.25, 0.3) is 16.3 Å². The molecule has 6 unspecified atom stereocenters. The molecule has 4 aliphatic carbocycles. The third-order valence-corrected chi connectivity index (χ3v) is 13.3. The number of para-hydroxylation sites is 1. The maximum Gasteiger partial charge on any atom is 0.175 e. The molecule has 0 amide bonds. The standard InChI is InChI=1S/C32H36N4O3S2/c1-30-15-19-17-34-36(13-5-12-33)24(19)14-20(30)8-9-21-22-10-11-32(39,31(22,2)16-25(37)28(21)30)27(38)18-40-29-35-23-6-3-4-7-26(23)41-29/h3-4,6-7,14,17,21-22,25,28,37,39H,5,8-11,13,15-16,18H2,1-2H3/t21?,22?,25-,28?,30?,31?,32?/m0/s1. The van der Waals surface area contributed by atoms with Crippen LogP contribution in [0.2, 0.25) is 0 Å². The average molecular weight is 589 g/mol. The molecule has 7 rings (SSSR count). The summed E-state index contributed by atoms with van der Waals surface area (Å²) in [6, 6.07) is 10.2. The number of nitriles is 1. The van der Waals surface area contributed by atoms with Gasteiger partial charge < -0.3 is 10.2 Å². The van der Waals surface area contributed by atoms with Crippen molar-refractivity contribution in [3.8, 4) is 6.07 Å². The summed E-state index contributed by atoms with van der Waals surface area (Å²) in [5.74, 6) is 0.569. The minimum atomic E-state index is -1.44. The van der Waals surface area contributed by atoms with Gasteiger partial charge in [-0.15, -0.1) is 11.3 Å². The minimum Gasteiger partial charge on any atom is -0.393 e. The van der Waals surface area contributed by atoms with E-state index in [0.29, 0.717) is 25.8 Å². The fourth-order valence-corrected chi connectivity index (χ4v) is 11.2. The molecule has 2 heterocycles. The number of thiazole rings is 1. The molecule has 3 saturated carbocycles. The van der Waals surface area contributed by atoms with Gasteiger partial charge in [0, 0.05) is 5.41 Å². The van der Waals surface area contributed by atoms with E-state index in [1.165, 1.54) is 22.9 Å². The topological polar surface area (TPSA) is 112 Å². The summed E-state index contributed by atoms with van der Waals surface area (Å²) in [7, 11) is 0. The first-order valence-corrected chi connectivity index (χ1v) is 16.5. The first-order valence-electron chi connectivity index (χ1n) is 14.7. The van der Waals surface area contributed by atoms with Crippen LogP contribution in [0, 0.1) is 39.9 Å². The van der Waals surface area contributed by atoms with Crippen molar-refractivity contribution in [3.63, 3.8) is 0 Å². The lowest BCUT2D eigenvalue weighted by molar-refractivity contribution is -0.177. The number of aliphatic hydroxyl groups excluding tert-OH is 1. The van der Waals surface area contributed by atoms with Crippen molar-refractivity contribution >= 4 is 45.2 Å². The minimum absolute atomic E-state index is 0.0748. The van der Waals surface area contributed by atoms with Crippen molar-refractivity contribution in [1.29, 1.82) is 5.26 Å². The monoisotopic (exact) mass is 588 g/mol. The largest absolute Gasteiger partial charge is 0.393 e. The molecule has 0 spiro atoms. The quantitative estimate of drug-likeness (QED) is 0.358. The van der Waals surface area contributed by atoms with Crippen LogP contribution in [0.5, 0.6) is 0 Å². The van der Waals surface area contributed by atoms with Crippen molar-refractivity contribution < 1.29 is 15.0 Å². The van der Waals surface area contributed by atoms with Gasteiger partial charge in [0.05, 0.1) is 53.0 Å². The summed E-state index contributed by atoms with van der Waals surface area (Å²) in [5.41, 5.74) is 2.30. The lowest BCUT2D eigenvalue weighted by Gasteiger charge is -2.60. The number of nitrogens with zero attached hydrogens (tertiary/aromatic N) is 4. The van der Waals surface area contributed by atoms with Gasteiger partial charge in [0.15, 0.2) is 10.1 Å². The summed E-state index contributed by atoms with van der Waals surface area (Å²) in [5, 5.41) is 37.6. The summed E-state index contributed by atoms with van der Waals surface area (Å²) >= 11 is 3.00. The molecular formula is C32H36N4O3S2. The van der Waals surface area contributed by atoms with Gasteiger partial charge in [-0.25, -0.2) is 4.98 Å². The number of hydrogen-bond donors (Lipinski definition) is 2. The fraction of sp³-hybridized carbons (Fsp3) is 0.562. The number of allylic oxidation sites excluding steroid dienone is 1. The van der Waals surface area contributed by atoms with Crippen LogP contribution >= 0.6 is 23.1 Å². The average Bonchev–Trinajstić information content (AvgIpc) is 3.62. The van der Waals surface area contributed by atoms with Crippen LogP contribution < -0.4 is 0 Å². The summed E-state index contributed by atoms with van der Waals surface area (Å²) in [6.07, 6.45) is 8.46. The predicted octanol–water partition coefficient (Wildman–Crippen LogP) is 5.65. The molecule has 0 aliphatic heterocycles. The molecule has 0 bridgehead atoms. The number of aliphatic hydroxyl groups is 2. The Hall–Kier alpha value is -2.51. The molecular weight excluding hydrogens is 553 g/mol. The maximum atomic E-state index is 13.8. The van der Waals surface area contributed by atoms with E-state index in [9.17, 15) is 15.0 Å². The summed E-state index contributed by atoms with van der Waals surface area (Å²) < 4.78 is 3.89. The van der Waals surface area contributed by atoms with Gasteiger partial charge in [0.25, 0.3) is 0 Å². The molecule has 0 saturated heterocycles. The van der Waals surface area contributed by atoms with Crippen LogP contribution in [0.1, 0.15) is 63.6 Å². The molecule has 7 nitrogen and oxygen atoms in total. The van der Waals surface area contributed by atoms with Gasteiger partial charge in [-0.1, -0.05) is 43.3 Å². The van der Waals surface area contributed by atoms with E-state index < -0.39 is 17.1 Å². The van der Waals surface area contributed by atoms with E-state index >= 15 is 0 Å². The van der Waals surface area contributed by atoms with E-state index in [1.54, 1.807) is 11.3 Å². The Bertz CT molecular complexity index is 1570. The molecule has 2 N–H and O–H groups in total. The van der Waals surface area contributed by atoms with Crippen molar-refractivity contribution in [3.05, 3.63) is 47.3 Å². The lowest BCUT2D eigenvalue weighted by atomic mass is 9.45. The number of aromatic nitrogens is 3. The van der Waals surface area contributed by atoms with E-state index in [1.807, 2.05) is 35.1 Å². The SMILES string of the molecule is CC12Cc3cnn(CCC#N)c3C=C1CCC1C2[C@@H](O)CC2(C)C1CCC2(O)C(=O)CSc1nc2ccccc2s1. The van der Waals surface area contributed by atoms with Crippen molar-refractivity contribution in [1.82, 2.24) is 14.8 Å². The van der Waals surface area contributed by atoms with E-state index in [0.717, 1.165) is 45.9 Å². The highest BCUT2D eigenvalue weighted by molar-refractivity contribution is 8.01. The highest BCUT2D eigenvalue weighted by Gasteiger charge is 2.68. The van der Waals surface area contributed by atoms with Crippen LogP contribution in [-0.2, 0) is 17.8 Å². The molecule has 2 aromatic heterocycles. The Balaban J connectivity index is 1.13. The molecule has 0 radical (unpaired) electrons. The zero-order valence-electron chi connectivity index (χ0n) is 23.5. The lowest BCUT2D eigenvalue weighted by Crippen LogP contribution is -2.62. The second-order valence-corrected chi connectivity index (χ2v) is 15.3. The Morgan fingerprint density at radius 3 is 2.93 bits per heavy atom. The first-order chi connectivity index (χ1) is 19.7. The van der Waals surface area contributed by atoms with Gasteiger partial charge in [-0.3, -0.25) is 9.48 Å². The smallest absolute Gasteiger partial charge is 0.175 e. The Kier molecular flexibility index (Phi) is 6.51. The second-order valence-electron chi connectivity index (χ2n) is 13.0. The van der Waals surface area contributed by atoms with Gasteiger partial charge in [-0.05, 0) is 85.5 Å². The van der Waals surface area contributed by atoms with Crippen LogP contribution in [0.15, 0.2) is 40.4 Å². The summed E-state index contributed by atoms with van der Waals surface area (Å²) in [6.45, 7) is 4.96. The number of hydrogen-bond acceptors (Lipinski definition) is 8. The zero-order valence-corrected chi connectivity index (χ0v) is 25.2. The van der Waals surface area contributed by atoms with Crippen molar-refractivity contribution in [2.24, 2.45) is 28.6 Å². The molecule has 4 aliphatic rings. The van der Waals surface area contributed by atoms with Gasteiger partial charge in [-0.2, -0.15) is 10.4 Å². The van der Waals surface area contributed by atoms with Gasteiger partial charge in [0.2, 0.25) is 0 Å². The van der Waals surface area contributed by atoms with Crippen LogP contribution in [0.4, 0.5) is 0 Å². The van der Waals surface area contributed by atoms with Gasteiger partial charge >= 0.3 is 0 Å². The Labute approximate surface area is 248 Å². The van der Waals surface area contributed by atoms with E-state index in [2.05, 4.69) is 36.1 Å². The Morgan fingerprint density at radius 2 is 2.12 bits per heavy atom. The van der Waals surface area contributed by atoms with Crippen molar-refractivity contribution in [2.45, 2.75) is 81.4 Å². The molecule has 41 heavy (non-hydrogen) atoms. The highest BCUT2D eigenvalue weighted by atomic mass is 32.2. The molecule has 9 heteroatoms. The third-order valence-electron chi connectivity index (χ3n) is 11.1. The predicted molar refractivity (Wildman–Crippen MR) is 160 cm³/mol. The number of fused-ring (bicyclic) bond motifs is 7. The number of carbonyl (C=O) groups is 1. The van der Waals surface area contributed by atoms with E-state index in [4.69, 9.17) is 5.26 Å². The number of carbonyl (C=O) groups excluding carboxylic acids is 1. The second kappa shape index (κ2) is 9.77. The molecule has 3 fully saturated rings. The Morgan fingerprint density at radius 1 is 1.29 bits per heavy atom.